The number of carbonyl (C=O) groups is 1. The van der Waals surface area contributed by atoms with E-state index in [9.17, 15) is 39.8 Å². The Morgan fingerprint density at radius 3 is 1.44 bits per heavy atom. The maximum atomic E-state index is 12.8. The van der Waals surface area contributed by atoms with Crippen LogP contribution in [0.4, 0.5) is 0 Å². The zero-order valence-electron chi connectivity index (χ0n) is 34.5. The van der Waals surface area contributed by atoms with E-state index in [0.717, 1.165) is 38.5 Å². The van der Waals surface area contributed by atoms with Crippen molar-refractivity contribution in [1.82, 2.24) is 0 Å². The van der Waals surface area contributed by atoms with E-state index in [2.05, 4.69) is 26.0 Å². The van der Waals surface area contributed by atoms with E-state index in [1.807, 2.05) is 0 Å². The first-order valence-electron chi connectivity index (χ1n) is 22.0. The molecule has 6 atom stereocenters. The summed E-state index contributed by atoms with van der Waals surface area (Å²) in [6.45, 7) is 4.24. The topological polar surface area (TPSA) is 192 Å². The smallest absolute Gasteiger partial charge is 0.457 e. The molecule has 0 bridgehead atoms. The van der Waals surface area contributed by atoms with Crippen LogP contribution in [-0.4, -0.2) is 98.9 Å². The average Bonchev–Trinajstić information content (AvgIpc) is 3.17. The number of hydrogen-bond donors (Lipinski definition) is 6. The standard InChI is InChI=1S/C42H81O12P/c1-3-5-7-9-11-13-14-15-16-17-18-19-20-21-22-23-25-27-29-31-36(43)53-35(33-51-32-30-28-26-24-12-10-8-6-4-2)34-52-55(49,50)54-42-40(47)38(45)37(44)39(46)41(42)48/h15-16,35,37-42,44-48H,3-14,17-34H2,1-2H3,(H,49,50)/b16-15-. The molecule has 6 unspecified atom stereocenters. The minimum atomic E-state index is -5.01. The van der Waals surface area contributed by atoms with Gasteiger partial charge >= 0.3 is 13.8 Å². The molecule has 55 heavy (non-hydrogen) atoms. The molecule has 12 nitrogen and oxygen atoms in total. The molecule has 1 saturated carbocycles. The first-order chi connectivity index (χ1) is 26.5. The van der Waals surface area contributed by atoms with Crippen molar-refractivity contribution in [3.63, 3.8) is 0 Å². The van der Waals surface area contributed by atoms with Gasteiger partial charge in [-0.2, -0.15) is 0 Å². The first kappa shape index (κ1) is 52.1. The fraction of sp³-hybridized carbons (Fsp3) is 0.929. The van der Waals surface area contributed by atoms with E-state index in [1.54, 1.807) is 0 Å². The van der Waals surface area contributed by atoms with Crippen LogP contribution < -0.4 is 0 Å². The summed E-state index contributed by atoms with van der Waals surface area (Å²) in [5, 5.41) is 50.0. The van der Waals surface area contributed by atoms with Crippen molar-refractivity contribution in [3.05, 3.63) is 12.2 Å². The Labute approximate surface area is 333 Å². The average molecular weight is 809 g/mol. The molecular weight excluding hydrogens is 727 g/mol. The SMILES string of the molecule is CCCCCCCC/C=C\CCCCCCCCCCCC(=O)OC(COCCCCCCCCCCC)COP(=O)(O)OC1C(O)C(O)C(O)C(O)C1O. The third-order valence-corrected chi connectivity index (χ3v) is 11.4. The van der Waals surface area contributed by atoms with Gasteiger partial charge in [-0.3, -0.25) is 13.8 Å². The molecule has 0 saturated heterocycles. The molecule has 0 aliphatic heterocycles. The molecular formula is C42H81O12P. The second-order valence-electron chi connectivity index (χ2n) is 15.6. The minimum Gasteiger partial charge on any atom is -0.457 e. The third-order valence-electron chi connectivity index (χ3n) is 10.4. The van der Waals surface area contributed by atoms with Crippen molar-refractivity contribution in [2.45, 2.75) is 230 Å². The fourth-order valence-corrected chi connectivity index (χ4v) is 7.79. The second kappa shape index (κ2) is 34.0. The van der Waals surface area contributed by atoms with Crippen LogP contribution in [0, 0.1) is 0 Å². The number of phosphoric ester groups is 1. The van der Waals surface area contributed by atoms with Crippen molar-refractivity contribution in [2.75, 3.05) is 19.8 Å². The molecule has 6 N–H and O–H groups in total. The van der Waals surface area contributed by atoms with Gasteiger partial charge in [0, 0.05) is 13.0 Å². The first-order valence-corrected chi connectivity index (χ1v) is 23.5. The molecule has 0 aromatic heterocycles. The second-order valence-corrected chi connectivity index (χ2v) is 17.0. The van der Waals surface area contributed by atoms with Crippen LogP contribution in [0.25, 0.3) is 0 Å². The van der Waals surface area contributed by atoms with Gasteiger partial charge in [0.1, 0.15) is 42.7 Å². The quantitative estimate of drug-likeness (QED) is 0.0152. The largest absolute Gasteiger partial charge is 0.472 e. The van der Waals surface area contributed by atoms with Crippen molar-refractivity contribution in [2.24, 2.45) is 0 Å². The number of carbonyl (C=O) groups excluding carboxylic acids is 1. The van der Waals surface area contributed by atoms with Gasteiger partial charge in [0.05, 0.1) is 13.2 Å². The van der Waals surface area contributed by atoms with Gasteiger partial charge in [-0.1, -0.05) is 154 Å². The molecule has 1 rings (SSSR count). The maximum Gasteiger partial charge on any atom is 0.472 e. The number of unbranched alkanes of at least 4 members (excludes halogenated alkanes) is 23. The number of esters is 1. The molecule has 1 aliphatic carbocycles. The molecule has 0 aromatic carbocycles. The normalized spacial score (nSPS) is 23.3. The number of aliphatic hydroxyl groups is 5. The summed E-state index contributed by atoms with van der Waals surface area (Å²) in [6.07, 6.45) is 22.9. The Morgan fingerprint density at radius 2 is 0.964 bits per heavy atom. The predicted molar refractivity (Wildman–Crippen MR) is 217 cm³/mol. The van der Waals surface area contributed by atoms with E-state index in [0.29, 0.717) is 13.0 Å². The summed E-state index contributed by atoms with van der Waals surface area (Å²) in [4.78, 5) is 23.1. The molecule has 1 aliphatic rings. The molecule has 0 heterocycles. The molecule has 0 aromatic rings. The lowest BCUT2D eigenvalue weighted by atomic mass is 9.85. The Balaban J connectivity index is 2.36. The summed E-state index contributed by atoms with van der Waals surface area (Å²) in [7, 11) is -5.01. The number of allylic oxidation sites excluding steroid dienone is 2. The number of phosphoric acid groups is 1. The number of aliphatic hydroxyl groups excluding tert-OH is 5. The molecule has 13 heteroatoms. The monoisotopic (exact) mass is 809 g/mol. The van der Waals surface area contributed by atoms with Gasteiger partial charge in [0.15, 0.2) is 0 Å². The van der Waals surface area contributed by atoms with Gasteiger partial charge in [-0.05, 0) is 38.5 Å². The highest BCUT2D eigenvalue weighted by molar-refractivity contribution is 7.47. The maximum absolute atomic E-state index is 12.8. The lowest BCUT2D eigenvalue weighted by Crippen LogP contribution is -2.64. The molecule has 326 valence electrons. The highest BCUT2D eigenvalue weighted by atomic mass is 31.2. The lowest BCUT2D eigenvalue weighted by Gasteiger charge is -2.41. The molecule has 0 radical (unpaired) electrons. The summed E-state index contributed by atoms with van der Waals surface area (Å²) in [6, 6.07) is 0. The number of ether oxygens (including phenoxy) is 2. The Kier molecular flexibility index (Phi) is 32.2. The summed E-state index contributed by atoms with van der Waals surface area (Å²) >= 11 is 0. The van der Waals surface area contributed by atoms with Gasteiger partial charge in [-0.25, -0.2) is 4.57 Å². The van der Waals surface area contributed by atoms with E-state index in [1.165, 1.54) is 122 Å². The van der Waals surface area contributed by atoms with Crippen LogP contribution >= 0.6 is 7.82 Å². The molecule has 0 spiro atoms. The van der Waals surface area contributed by atoms with Crippen LogP contribution in [0.5, 0.6) is 0 Å². The zero-order valence-corrected chi connectivity index (χ0v) is 35.4. The van der Waals surface area contributed by atoms with Crippen molar-refractivity contribution in [3.8, 4) is 0 Å². The van der Waals surface area contributed by atoms with E-state index < -0.39 is 63.1 Å². The highest BCUT2D eigenvalue weighted by Crippen LogP contribution is 2.47. The van der Waals surface area contributed by atoms with Crippen molar-refractivity contribution in [1.29, 1.82) is 0 Å². The van der Waals surface area contributed by atoms with Crippen molar-refractivity contribution >= 4 is 13.8 Å². The van der Waals surface area contributed by atoms with Crippen LogP contribution in [0.2, 0.25) is 0 Å². The summed E-state index contributed by atoms with van der Waals surface area (Å²) in [5.41, 5.74) is 0. The van der Waals surface area contributed by atoms with Gasteiger partial charge in [-0.15, -0.1) is 0 Å². The summed E-state index contributed by atoms with van der Waals surface area (Å²) < 4.78 is 34.0. The summed E-state index contributed by atoms with van der Waals surface area (Å²) in [5.74, 6) is -0.478. The van der Waals surface area contributed by atoms with Crippen LogP contribution in [0.15, 0.2) is 12.2 Å². The minimum absolute atomic E-state index is 0.0729. The van der Waals surface area contributed by atoms with E-state index in [4.69, 9.17) is 18.5 Å². The molecule has 0 amide bonds. The fourth-order valence-electron chi connectivity index (χ4n) is 6.82. The van der Waals surface area contributed by atoms with Crippen LogP contribution in [0.1, 0.15) is 187 Å². The van der Waals surface area contributed by atoms with E-state index >= 15 is 0 Å². The Morgan fingerprint density at radius 1 is 0.564 bits per heavy atom. The third kappa shape index (κ3) is 26.7. The molecule has 1 fully saturated rings. The predicted octanol–water partition coefficient (Wildman–Crippen LogP) is 8.36. The van der Waals surface area contributed by atoms with Gasteiger partial charge in [0.25, 0.3) is 0 Å². The van der Waals surface area contributed by atoms with Crippen molar-refractivity contribution < 1.29 is 58.3 Å². The lowest BCUT2D eigenvalue weighted by molar-refractivity contribution is -0.220. The Bertz CT molecular complexity index is 968. The van der Waals surface area contributed by atoms with Gasteiger partial charge < -0.3 is 39.9 Å². The Hall–Kier alpha value is -0.920. The number of hydrogen-bond acceptors (Lipinski definition) is 11. The highest BCUT2D eigenvalue weighted by Gasteiger charge is 2.51. The van der Waals surface area contributed by atoms with Crippen LogP contribution in [0.3, 0.4) is 0 Å². The van der Waals surface area contributed by atoms with Gasteiger partial charge in [0.2, 0.25) is 0 Å². The van der Waals surface area contributed by atoms with E-state index in [-0.39, 0.29) is 13.0 Å². The zero-order chi connectivity index (χ0) is 40.6. The number of rotatable bonds is 37. The van der Waals surface area contributed by atoms with Crippen LogP contribution in [-0.2, 0) is 27.9 Å².